The van der Waals surface area contributed by atoms with Crippen molar-refractivity contribution in [3.05, 3.63) is 34.5 Å². The third-order valence-electron chi connectivity index (χ3n) is 5.88. The average Bonchev–Trinajstić information content (AvgIpc) is 2.74. The maximum atomic E-state index is 11.2. The predicted octanol–water partition coefficient (Wildman–Crippen LogP) is 3.17. The Morgan fingerprint density at radius 1 is 0.806 bits per heavy atom. The molecule has 0 spiro atoms. The molecule has 0 aliphatic carbocycles. The number of unbranched alkanes of at least 4 members (excludes halogenated alkanes) is 13. The number of nitro groups is 1. The van der Waals surface area contributed by atoms with Gasteiger partial charge in [-0.05, 0) is 30.0 Å². The first-order valence-corrected chi connectivity index (χ1v) is 12.5. The van der Waals surface area contributed by atoms with Crippen LogP contribution < -0.4 is 22.0 Å². The zero-order valence-corrected chi connectivity index (χ0v) is 22.0. The molecule has 2 N–H and O–H groups in total. The molecule has 1 aliphatic rings. The van der Waals surface area contributed by atoms with Crippen molar-refractivity contribution in [2.24, 2.45) is 0 Å². The van der Waals surface area contributed by atoms with Gasteiger partial charge in [-0.3, -0.25) is 0 Å². The summed E-state index contributed by atoms with van der Waals surface area (Å²) in [5.41, 5.74) is -0.393. The van der Waals surface area contributed by atoms with Gasteiger partial charge in [-0.1, -0.05) is 103 Å². The number of halogens is 1. The van der Waals surface area contributed by atoms with Crippen LogP contribution in [-0.2, 0) is 0 Å². The summed E-state index contributed by atoms with van der Waals surface area (Å²) in [6, 6.07) is 0. The van der Waals surface area contributed by atoms with Gasteiger partial charge in [0.15, 0.2) is 11.7 Å². The van der Waals surface area contributed by atoms with E-state index in [1.54, 1.807) is 12.3 Å². The molecule has 0 bridgehead atoms. The Morgan fingerprint density at radius 2 is 1.23 bits per heavy atom. The maximum Gasteiger partial charge on any atom is 0.241 e. The Hall–Kier alpha value is -0.720. The van der Waals surface area contributed by atoms with E-state index in [4.69, 9.17) is 5.11 Å². The van der Waals surface area contributed by atoms with Crippen molar-refractivity contribution >= 4 is 0 Å². The standard InChI is InChI=1S/C22H40N2O2.C3H8O.BrH/c1-3-4-5-6-7-8-9-10-11-12-13-14-15-16-19-22(2)20-17-18-21-23(22)24(25)26;1-2-3-4;/h17-18,20-21H,3-16,19H2,1-2H3;4H,2-3H2,1H3;1H. The second-order valence-corrected chi connectivity index (χ2v) is 8.85. The SMILES string of the molecule is CCCCCCCCCCCCCCCCC1(C)C=CC=C[NH+]1[N+](=O)[O-].CCCO.[Br-]. The lowest BCUT2D eigenvalue weighted by atomic mass is 9.91. The largest absolute Gasteiger partial charge is 1.00 e. The highest BCUT2D eigenvalue weighted by Crippen LogP contribution is 2.17. The van der Waals surface area contributed by atoms with Gasteiger partial charge in [-0.15, -0.1) is 0 Å². The van der Waals surface area contributed by atoms with Crippen molar-refractivity contribution in [2.75, 3.05) is 6.61 Å². The quantitative estimate of drug-likeness (QED) is 0.181. The average molecular weight is 506 g/mol. The number of hydrogen-bond acceptors (Lipinski definition) is 3. The fraction of sp³-hybridized carbons (Fsp3) is 0.840. The smallest absolute Gasteiger partial charge is 0.241 e. The lowest BCUT2D eigenvalue weighted by molar-refractivity contribution is -1.31. The van der Waals surface area contributed by atoms with Gasteiger partial charge < -0.3 is 22.1 Å². The first-order chi connectivity index (χ1) is 14.5. The van der Waals surface area contributed by atoms with E-state index in [2.05, 4.69) is 6.92 Å². The number of allylic oxidation sites excluding steroid dienone is 2. The molecule has 1 rings (SSSR count). The van der Waals surface area contributed by atoms with Gasteiger partial charge in [-0.2, -0.15) is 0 Å². The number of nitrogens with zero attached hydrogens (tertiary/aromatic N) is 1. The summed E-state index contributed by atoms with van der Waals surface area (Å²) in [5, 5.41) is 19.2. The number of aliphatic hydroxyl groups is 1. The van der Waals surface area contributed by atoms with Crippen LogP contribution in [0.1, 0.15) is 124 Å². The Balaban J connectivity index is 0. The second-order valence-electron chi connectivity index (χ2n) is 8.85. The molecule has 0 aromatic rings. The van der Waals surface area contributed by atoms with E-state index < -0.39 is 5.54 Å². The maximum absolute atomic E-state index is 11.2. The van der Waals surface area contributed by atoms with E-state index >= 15 is 0 Å². The van der Waals surface area contributed by atoms with Crippen LogP contribution in [0.15, 0.2) is 24.4 Å². The normalized spacial score (nSPS) is 19.4. The highest BCUT2D eigenvalue weighted by Gasteiger charge is 2.41. The molecule has 2 atom stereocenters. The van der Waals surface area contributed by atoms with Crippen molar-refractivity contribution in [2.45, 2.75) is 129 Å². The van der Waals surface area contributed by atoms with Crippen LogP contribution >= 0.6 is 0 Å². The molecule has 0 fully saturated rings. The van der Waals surface area contributed by atoms with Crippen LogP contribution in [0, 0.1) is 10.1 Å². The Kier molecular flexibility index (Phi) is 23.5. The van der Waals surface area contributed by atoms with E-state index in [-0.39, 0.29) is 22.0 Å². The molecule has 31 heavy (non-hydrogen) atoms. The van der Waals surface area contributed by atoms with Gasteiger partial charge in [-0.25, -0.2) is 10.1 Å². The van der Waals surface area contributed by atoms with Crippen molar-refractivity contribution in [3.8, 4) is 0 Å². The first kappa shape index (κ1) is 32.5. The van der Waals surface area contributed by atoms with Gasteiger partial charge in [0.05, 0.1) is 0 Å². The summed E-state index contributed by atoms with van der Waals surface area (Å²) in [5.74, 6) is 0. The summed E-state index contributed by atoms with van der Waals surface area (Å²) >= 11 is 0. The zero-order valence-electron chi connectivity index (χ0n) is 20.4. The fourth-order valence-corrected chi connectivity index (χ4v) is 3.86. The predicted molar refractivity (Wildman–Crippen MR) is 127 cm³/mol. The Bertz CT molecular complexity index is 470. The number of hydrogen-bond donors (Lipinski definition) is 2. The molecule has 1 heterocycles. The van der Waals surface area contributed by atoms with Gasteiger partial charge in [0, 0.05) is 20.0 Å². The first-order valence-electron chi connectivity index (χ1n) is 12.5. The highest BCUT2D eigenvalue weighted by atomic mass is 79.9. The molecule has 0 aromatic heterocycles. The molecule has 1 aliphatic heterocycles. The third kappa shape index (κ3) is 17.5. The third-order valence-corrected chi connectivity index (χ3v) is 5.88. The van der Waals surface area contributed by atoms with E-state index in [0.29, 0.717) is 11.6 Å². The molecular formula is C25H49BrN2O3. The van der Waals surface area contributed by atoms with Gasteiger partial charge in [0.1, 0.15) is 0 Å². The minimum Gasteiger partial charge on any atom is -1.00 e. The monoisotopic (exact) mass is 504 g/mol. The minimum absolute atomic E-state index is 0. The number of rotatable bonds is 17. The number of aliphatic hydroxyl groups excluding tert-OH is 1. The molecule has 5 nitrogen and oxygen atoms in total. The van der Waals surface area contributed by atoms with Crippen molar-refractivity contribution in [1.82, 2.24) is 0 Å². The van der Waals surface area contributed by atoms with Gasteiger partial charge >= 0.3 is 0 Å². The minimum atomic E-state index is -0.393. The van der Waals surface area contributed by atoms with Crippen LogP contribution in [0.4, 0.5) is 0 Å². The molecule has 2 unspecified atom stereocenters. The van der Waals surface area contributed by atoms with Crippen molar-refractivity contribution in [1.29, 1.82) is 0 Å². The molecule has 184 valence electrons. The van der Waals surface area contributed by atoms with E-state index in [9.17, 15) is 10.1 Å². The van der Waals surface area contributed by atoms with Crippen LogP contribution in [-0.4, -0.2) is 22.3 Å². The molecular weight excluding hydrogens is 456 g/mol. The van der Waals surface area contributed by atoms with Gasteiger partial charge in [0.25, 0.3) is 0 Å². The summed E-state index contributed by atoms with van der Waals surface area (Å²) in [4.78, 5) is 11.2. The molecule has 0 radical (unpaired) electrons. The van der Waals surface area contributed by atoms with E-state index in [1.165, 1.54) is 83.5 Å². The van der Waals surface area contributed by atoms with Crippen LogP contribution in [0.5, 0.6) is 0 Å². The summed E-state index contributed by atoms with van der Waals surface area (Å²) in [7, 11) is 0. The van der Waals surface area contributed by atoms with Gasteiger partial charge in [0.2, 0.25) is 5.03 Å². The molecule has 6 heteroatoms. The van der Waals surface area contributed by atoms with Crippen molar-refractivity contribution in [3.63, 3.8) is 0 Å². The van der Waals surface area contributed by atoms with Crippen LogP contribution in [0.25, 0.3) is 0 Å². The second kappa shape index (κ2) is 22.5. The van der Waals surface area contributed by atoms with Crippen LogP contribution in [0.3, 0.4) is 0 Å². The van der Waals surface area contributed by atoms with E-state index in [1.807, 2.05) is 26.0 Å². The molecule has 0 saturated heterocycles. The Labute approximate surface area is 202 Å². The summed E-state index contributed by atoms with van der Waals surface area (Å²) in [6.45, 7) is 6.51. The van der Waals surface area contributed by atoms with E-state index in [0.717, 1.165) is 19.3 Å². The number of quaternary nitrogens is 1. The van der Waals surface area contributed by atoms with Crippen LogP contribution in [0.2, 0.25) is 0 Å². The molecule has 0 saturated carbocycles. The topological polar surface area (TPSA) is 67.8 Å². The lowest BCUT2D eigenvalue weighted by Crippen LogP contribution is -3.18. The Morgan fingerprint density at radius 3 is 1.61 bits per heavy atom. The zero-order chi connectivity index (χ0) is 22.5. The highest BCUT2D eigenvalue weighted by molar-refractivity contribution is 5.10. The van der Waals surface area contributed by atoms with Crippen molar-refractivity contribution < 1.29 is 32.1 Å². The fourth-order valence-electron chi connectivity index (χ4n) is 3.86. The number of nitrogens with one attached hydrogen (secondary N) is 1. The lowest BCUT2D eigenvalue weighted by Gasteiger charge is -2.26. The molecule has 0 aromatic carbocycles. The summed E-state index contributed by atoms with van der Waals surface area (Å²) < 4.78 is 0. The summed E-state index contributed by atoms with van der Waals surface area (Å²) in [6.07, 6.45) is 27.9. The molecule has 0 amide bonds.